The second-order valence-electron chi connectivity index (χ2n) is 6.25. The van der Waals surface area contributed by atoms with Gasteiger partial charge in [0.15, 0.2) is 5.75 Å². The van der Waals surface area contributed by atoms with Gasteiger partial charge in [0.2, 0.25) is 0 Å². The molecule has 0 radical (unpaired) electrons. The second kappa shape index (κ2) is 6.53. The zero-order valence-corrected chi connectivity index (χ0v) is 13.9. The van der Waals surface area contributed by atoms with E-state index in [4.69, 9.17) is 9.83 Å². The van der Waals surface area contributed by atoms with Crippen molar-refractivity contribution in [2.75, 3.05) is 44.8 Å². The lowest BCUT2D eigenvalue weighted by Crippen LogP contribution is -2.51. The van der Waals surface area contributed by atoms with Gasteiger partial charge in [-0.2, -0.15) is 0 Å². The van der Waals surface area contributed by atoms with E-state index in [0.29, 0.717) is 6.54 Å². The maximum atomic E-state index is 6.14. The zero-order chi connectivity index (χ0) is 16.4. The van der Waals surface area contributed by atoms with Gasteiger partial charge >= 0.3 is 0 Å². The van der Waals surface area contributed by atoms with Crippen LogP contribution in [0.4, 0.5) is 11.4 Å². The van der Waals surface area contributed by atoms with Gasteiger partial charge in [-0.15, -0.1) is 0 Å². The number of piperazine rings is 1. The third-order valence-corrected chi connectivity index (χ3v) is 4.51. The largest absolute Gasteiger partial charge is 0.379 e. The summed E-state index contributed by atoms with van der Waals surface area (Å²) >= 11 is 0. The first-order valence-electron chi connectivity index (χ1n) is 8.40. The number of anilines is 1. The van der Waals surface area contributed by atoms with Crippen LogP contribution in [-0.4, -0.2) is 55.4 Å². The summed E-state index contributed by atoms with van der Waals surface area (Å²) in [5, 5.41) is 1.95. The van der Waals surface area contributed by atoms with Crippen molar-refractivity contribution in [3.63, 3.8) is 0 Å². The Hall–Kier alpha value is -2.53. The van der Waals surface area contributed by atoms with Crippen molar-refractivity contribution >= 4 is 17.2 Å². The predicted molar refractivity (Wildman–Crippen MR) is 97.0 cm³/mol. The summed E-state index contributed by atoms with van der Waals surface area (Å²) < 4.78 is 0. The summed E-state index contributed by atoms with van der Waals surface area (Å²) in [5.41, 5.74) is 1.98. The molecule has 124 valence electrons. The van der Waals surface area contributed by atoms with E-state index in [9.17, 15) is 0 Å². The summed E-state index contributed by atoms with van der Waals surface area (Å²) in [4.78, 5) is 15.8. The zero-order valence-electron chi connectivity index (χ0n) is 13.9. The molecule has 0 amide bonds. The molecule has 2 aliphatic heterocycles. The molecule has 0 saturated carbocycles. The smallest absolute Gasteiger partial charge is 0.155 e. The number of amidine groups is 1. The van der Waals surface area contributed by atoms with Crippen LogP contribution in [0.5, 0.6) is 5.75 Å². The fourth-order valence-corrected chi connectivity index (χ4v) is 3.08. The van der Waals surface area contributed by atoms with E-state index in [0.717, 1.165) is 49.1 Å². The van der Waals surface area contributed by atoms with E-state index >= 15 is 0 Å². The second-order valence-corrected chi connectivity index (χ2v) is 6.25. The number of hydrogen-bond donors (Lipinski definition) is 0. The first-order valence-corrected chi connectivity index (χ1v) is 8.40. The minimum absolute atomic E-state index is 0.662. The van der Waals surface area contributed by atoms with Crippen LogP contribution < -0.4 is 9.90 Å². The van der Waals surface area contributed by atoms with Gasteiger partial charge in [-0.1, -0.05) is 30.3 Å². The van der Waals surface area contributed by atoms with Gasteiger partial charge in [0, 0.05) is 26.2 Å². The summed E-state index contributed by atoms with van der Waals surface area (Å²) in [6, 6.07) is 18.1. The van der Waals surface area contributed by atoms with Gasteiger partial charge in [0.05, 0.1) is 5.69 Å². The van der Waals surface area contributed by atoms with E-state index in [2.05, 4.69) is 22.9 Å². The molecule has 5 heteroatoms. The van der Waals surface area contributed by atoms with Gasteiger partial charge in [-0.25, -0.2) is 10.1 Å². The molecule has 0 atom stereocenters. The molecule has 2 heterocycles. The number of para-hydroxylation sites is 3. The molecule has 1 saturated heterocycles. The Balaban J connectivity index is 1.60. The minimum Gasteiger partial charge on any atom is -0.379 e. The monoisotopic (exact) mass is 322 g/mol. The number of nitrogens with zero attached hydrogens (tertiary/aromatic N) is 4. The molecule has 0 bridgehead atoms. The van der Waals surface area contributed by atoms with E-state index < -0.39 is 0 Å². The first-order chi connectivity index (χ1) is 11.8. The number of likely N-dealkylation sites (N-methyl/N-ethyl adjacent to an activating group) is 1. The quantitative estimate of drug-likeness (QED) is 0.851. The summed E-state index contributed by atoms with van der Waals surface area (Å²) in [6.07, 6.45) is 0. The highest BCUT2D eigenvalue weighted by atomic mass is 16.7. The van der Waals surface area contributed by atoms with Crippen LogP contribution in [0.3, 0.4) is 0 Å². The average Bonchev–Trinajstić information content (AvgIpc) is 2.63. The van der Waals surface area contributed by atoms with Crippen LogP contribution in [0.25, 0.3) is 0 Å². The standard InChI is InChI=1S/C19H22N4O/c1-21-11-13-22(14-12-21)19-15-23(24-16-7-3-2-4-8-16)18-10-6-5-9-17(18)20-19/h2-10H,11-15H2,1H3. The first kappa shape index (κ1) is 15.0. The van der Waals surface area contributed by atoms with Crippen LogP contribution in [0.15, 0.2) is 59.6 Å². The molecule has 0 N–H and O–H groups in total. The lowest BCUT2D eigenvalue weighted by atomic mass is 10.2. The highest BCUT2D eigenvalue weighted by Crippen LogP contribution is 2.33. The van der Waals surface area contributed by atoms with Crippen LogP contribution in [-0.2, 0) is 0 Å². The molecule has 24 heavy (non-hydrogen) atoms. The SMILES string of the molecule is CN1CCN(C2=Nc3ccccc3N(Oc3ccccc3)C2)CC1. The van der Waals surface area contributed by atoms with Crippen molar-refractivity contribution in [1.29, 1.82) is 0 Å². The molecule has 5 nitrogen and oxygen atoms in total. The van der Waals surface area contributed by atoms with Gasteiger partial charge in [-0.3, -0.25) is 0 Å². The van der Waals surface area contributed by atoms with Crippen molar-refractivity contribution in [2.24, 2.45) is 4.99 Å². The number of fused-ring (bicyclic) bond motifs is 1. The third-order valence-electron chi connectivity index (χ3n) is 4.51. The topological polar surface area (TPSA) is 31.3 Å². The molecule has 1 fully saturated rings. The summed E-state index contributed by atoms with van der Waals surface area (Å²) in [7, 11) is 2.17. The Labute approximate surface area is 142 Å². The van der Waals surface area contributed by atoms with Crippen molar-refractivity contribution in [2.45, 2.75) is 0 Å². The molecular formula is C19H22N4O. The van der Waals surface area contributed by atoms with Crippen LogP contribution in [0, 0.1) is 0 Å². The molecule has 2 aliphatic rings. The Morgan fingerprint density at radius 2 is 1.58 bits per heavy atom. The Morgan fingerprint density at radius 3 is 2.38 bits per heavy atom. The number of benzene rings is 2. The number of hydroxylamine groups is 1. The molecule has 0 unspecified atom stereocenters. The summed E-state index contributed by atoms with van der Waals surface area (Å²) in [5.74, 6) is 1.92. The molecule has 0 aliphatic carbocycles. The van der Waals surface area contributed by atoms with Crippen LogP contribution >= 0.6 is 0 Å². The maximum Gasteiger partial charge on any atom is 0.155 e. The normalized spacial score (nSPS) is 18.1. The van der Waals surface area contributed by atoms with Crippen molar-refractivity contribution in [3.8, 4) is 5.75 Å². The van der Waals surface area contributed by atoms with E-state index in [1.54, 1.807) is 0 Å². The fourth-order valence-electron chi connectivity index (χ4n) is 3.08. The van der Waals surface area contributed by atoms with Crippen molar-refractivity contribution in [1.82, 2.24) is 9.80 Å². The number of hydrogen-bond acceptors (Lipinski definition) is 5. The highest BCUT2D eigenvalue weighted by molar-refractivity contribution is 5.94. The van der Waals surface area contributed by atoms with E-state index in [-0.39, 0.29) is 0 Å². The lowest BCUT2D eigenvalue weighted by Gasteiger charge is -2.38. The Bertz CT molecular complexity index is 723. The molecule has 2 aromatic rings. The van der Waals surface area contributed by atoms with Gasteiger partial charge in [0.1, 0.15) is 18.1 Å². The molecule has 0 spiro atoms. The number of aliphatic imine (C=N–C) groups is 1. The minimum atomic E-state index is 0.662. The van der Waals surface area contributed by atoms with Crippen molar-refractivity contribution < 1.29 is 4.84 Å². The molecule has 0 aromatic heterocycles. The summed E-state index contributed by atoms with van der Waals surface area (Å²) in [6.45, 7) is 4.82. The highest BCUT2D eigenvalue weighted by Gasteiger charge is 2.26. The van der Waals surface area contributed by atoms with Gasteiger partial charge in [0.25, 0.3) is 0 Å². The van der Waals surface area contributed by atoms with Crippen LogP contribution in [0.1, 0.15) is 0 Å². The third kappa shape index (κ3) is 3.08. The predicted octanol–water partition coefficient (Wildman–Crippen LogP) is 2.78. The average molecular weight is 322 g/mol. The van der Waals surface area contributed by atoms with Crippen molar-refractivity contribution in [3.05, 3.63) is 54.6 Å². The van der Waals surface area contributed by atoms with E-state index in [1.807, 2.05) is 53.6 Å². The van der Waals surface area contributed by atoms with Crippen LogP contribution in [0.2, 0.25) is 0 Å². The Morgan fingerprint density at radius 1 is 0.875 bits per heavy atom. The molecule has 2 aromatic carbocycles. The van der Waals surface area contributed by atoms with Gasteiger partial charge in [-0.05, 0) is 31.3 Å². The molecular weight excluding hydrogens is 300 g/mol. The molecule has 4 rings (SSSR count). The Kier molecular flexibility index (Phi) is 4.09. The maximum absolute atomic E-state index is 6.14. The van der Waals surface area contributed by atoms with E-state index in [1.165, 1.54) is 0 Å². The fraction of sp³-hybridized carbons (Fsp3) is 0.316. The lowest BCUT2D eigenvalue weighted by molar-refractivity contribution is 0.209. The van der Waals surface area contributed by atoms with Gasteiger partial charge < -0.3 is 14.6 Å². The number of rotatable bonds is 2.